The summed E-state index contributed by atoms with van der Waals surface area (Å²) in [5.74, 6) is 2.46. The normalized spacial score (nSPS) is 74.4. The van der Waals surface area contributed by atoms with Crippen LogP contribution < -0.4 is 0 Å². The van der Waals surface area contributed by atoms with Crippen molar-refractivity contribution in [3.63, 3.8) is 0 Å². The van der Waals surface area contributed by atoms with E-state index in [4.69, 9.17) is 0 Å². The second-order valence-electron chi connectivity index (χ2n) is 5.28. The van der Waals surface area contributed by atoms with Crippen LogP contribution in [0.2, 0.25) is 0 Å². The lowest BCUT2D eigenvalue weighted by molar-refractivity contribution is 0.263. The second-order valence-corrected chi connectivity index (χ2v) is 5.28. The van der Waals surface area contributed by atoms with Gasteiger partial charge in [-0.05, 0) is 48.3 Å². The molecule has 0 radical (unpaired) electrons. The van der Waals surface area contributed by atoms with Gasteiger partial charge >= 0.3 is 0 Å². The van der Waals surface area contributed by atoms with Gasteiger partial charge in [-0.15, -0.1) is 0 Å². The highest BCUT2D eigenvalue weighted by Crippen LogP contribution is 2.93. The minimum absolute atomic E-state index is 0.973. The molecule has 2 spiro atoms. The van der Waals surface area contributed by atoms with Crippen LogP contribution in [-0.2, 0) is 0 Å². The molecule has 10 heavy (non-hydrogen) atoms. The SMILES string of the molecule is C1CC2CC3(C1)CC31CC21. The minimum atomic E-state index is 0.973. The molecule has 0 heterocycles. The number of hydrogen-bond acceptors (Lipinski definition) is 0. The minimum Gasteiger partial charge on any atom is -0.0525 e. The van der Waals surface area contributed by atoms with E-state index in [2.05, 4.69) is 0 Å². The average Bonchev–Trinajstić information content (AvgIpc) is 2.74. The van der Waals surface area contributed by atoms with E-state index in [-0.39, 0.29) is 0 Å². The van der Waals surface area contributed by atoms with E-state index in [1.165, 1.54) is 11.8 Å². The van der Waals surface area contributed by atoms with E-state index >= 15 is 0 Å². The van der Waals surface area contributed by atoms with Gasteiger partial charge in [-0.25, -0.2) is 0 Å². The maximum absolute atomic E-state index is 1.65. The maximum atomic E-state index is 1.65. The quantitative estimate of drug-likeness (QED) is 0.477. The Hall–Kier alpha value is 0. The van der Waals surface area contributed by atoms with E-state index in [0.29, 0.717) is 0 Å². The van der Waals surface area contributed by atoms with E-state index in [9.17, 15) is 0 Å². The predicted octanol–water partition coefficient (Wildman–Crippen LogP) is 2.59. The lowest BCUT2D eigenvalue weighted by Gasteiger charge is -2.25. The molecule has 0 N–H and O–H groups in total. The molecule has 0 amide bonds. The lowest BCUT2D eigenvalue weighted by atomic mass is 9.80. The summed E-state index contributed by atoms with van der Waals surface area (Å²) < 4.78 is 0. The standard InChI is InChI=1S/C10H14/c1-2-7-4-9(3-1)6-10(9)5-8(7)10/h7-8H,1-6H2. The van der Waals surface area contributed by atoms with Crippen molar-refractivity contribution in [3.05, 3.63) is 0 Å². The van der Waals surface area contributed by atoms with E-state index in [1.807, 2.05) is 0 Å². The molecule has 0 aromatic rings. The first-order chi connectivity index (χ1) is 4.86. The second kappa shape index (κ2) is 1.00. The Bertz CT molecular complexity index is 218. The molecule has 4 aliphatic carbocycles. The van der Waals surface area contributed by atoms with Crippen LogP contribution in [0, 0.1) is 22.7 Å². The molecule has 4 aliphatic rings. The van der Waals surface area contributed by atoms with E-state index in [0.717, 1.165) is 10.8 Å². The fraction of sp³-hybridized carbons (Fsp3) is 1.00. The first kappa shape index (κ1) is 4.79. The van der Waals surface area contributed by atoms with Gasteiger partial charge in [0.05, 0.1) is 0 Å². The van der Waals surface area contributed by atoms with Gasteiger partial charge in [-0.2, -0.15) is 0 Å². The fourth-order valence-corrected chi connectivity index (χ4v) is 4.69. The molecule has 0 saturated heterocycles. The zero-order valence-corrected chi connectivity index (χ0v) is 6.40. The van der Waals surface area contributed by atoms with Gasteiger partial charge in [0.2, 0.25) is 0 Å². The van der Waals surface area contributed by atoms with Crippen molar-refractivity contribution in [2.24, 2.45) is 22.7 Å². The Balaban J connectivity index is 1.90. The predicted molar refractivity (Wildman–Crippen MR) is 39.5 cm³/mol. The van der Waals surface area contributed by atoms with Crippen LogP contribution in [0.4, 0.5) is 0 Å². The highest BCUT2D eigenvalue weighted by atomic mass is 14.9. The van der Waals surface area contributed by atoms with Gasteiger partial charge in [0.15, 0.2) is 0 Å². The van der Waals surface area contributed by atoms with Crippen LogP contribution in [0.25, 0.3) is 0 Å². The Morgan fingerprint density at radius 3 is 3.00 bits per heavy atom. The molecule has 2 bridgehead atoms. The first-order valence-corrected chi connectivity index (χ1v) is 4.86. The van der Waals surface area contributed by atoms with Gasteiger partial charge in [-0.1, -0.05) is 12.8 Å². The van der Waals surface area contributed by atoms with Crippen molar-refractivity contribution in [3.8, 4) is 0 Å². The molecule has 4 unspecified atom stereocenters. The summed E-state index contributed by atoms with van der Waals surface area (Å²) in [4.78, 5) is 0. The molecule has 0 heteroatoms. The van der Waals surface area contributed by atoms with Gasteiger partial charge < -0.3 is 0 Å². The zero-order valence-electron chi connectivity index (χ0n) is 6.40. The number of fused-ring (bicyclic) bond motifs is 2. The first-order valence-electron chi connectivity index (χ1n) is 4.86. The largest absolute Gasteiger partial charge is 0.0525 e. The highest BCUT2D eigenvalue weighted by molar-refractivity contribution is 5.33. The molecule has 4 saturated carbocycles. The van der Waals surface area contributed by atoms with Gasteiger partial charge in [0, 0.05) is 0 Å². The molecule has 4 fully saturated rings. The van der Waals surface area contributed by atoms with E-state index in [1.54, 1.807) is 38.5 Å². The van der Waals surface area contributed by atoms with Crippen molar-refractivity contribution >= 4 is 0 Å². The molecular formula is C10H14. The van der Waals surface area contributed by atoms with Gasteiger partial charge in [0.1, 0.15) is 0 Å². The third-order valence-electron chi connectivity index (χ3n) is 5.17. The van der Waals surface area contributed by atoms with Gasteiger partial charge in [-0.3, -0.25) is 0 Å². The Labute approximate surface area is 62.0 Å². The molecule has 0 aliphatic heterocycles. The number of rotatable bonds is 0. The Morgan fingerprint density at radius 1 is 1.20 bits per heavy atom. The van der Waals surface area contributed by atoms with Crippen molar-refractivity contribution in [1.29, 1.82) is 0 Å². The Kier molecular flexibility index (Phi) is 0.479. The summed E-state index contributed by atoms with van der Waals surface area (Å²) >= 11 is 0. The lowest BCUT2D eigenvalue weighted by Crippen LogP contribution is -2.13. The summed E-state index contributed by atoms with van der Waals surface area (Å²) in [5.41, 5.74) is 1.98. The maximum Gasteiger partial charge on any atom is -0.0201 e. The third-order valence-corrected chi connectivity index (χ3v) is 5.17. The van der Waals surface area contributed by atoms with Crippen molar-refractivity contribution in [1.82, 2.24) is 0 Å². The van der Waals surface area contributed by atoms with Crippen LogP contribution >= 0.6 is 0 Å². The van der Waals surface area contributed by atoms with Gasteiger partial charge in [0.25, 0.3) is 0 Å². The molecule has 0 nitrogen and oxygen atoms in total. The van der Waals surface area contributed by atoms with Crippen molar-refractivity contribution < 1.29 is 0 Å². The molecule has 4 atom stereocenters. The third kappa shape index (κ3) is 0.271. The Morgan fingerprint density at radius 2 is 2.20 bits per heavy atom. The average molecular weight is 134 g/mol. The van der Waals surface area contributed by atoms with Crippen molar-refractivity contribution in [2.45, 2.75) is 38.5 Å². The zero-order chi connectivity index (χ0) is 6.40. The summed E-state index contributed by atoms with van der Waals surface area (Å²) in [5, 5.41) is 0. The molecule has 4 rings (SSSR count). The molecule has 0 aromatic heterocycles. The van der Waals surface area contributed by atoms with Crippen LogP contribution in [0.15, 0.2) is 0 Å². The highest BCUT2D eigenvalue weighted by Gasteiger charge is 2.85. The van der Waals surface area contributed by atoms with Crippen molar-refractivity contribution in [2.75, 3.05) is 0 Å². The van der Waals surface area contributed by atoms with Crippen LogP contribution in [0.1, 0.15) is 38.5 Å². The number of hydrogen-bond donors (Lipinski definition) is 0. The monoisotopic (exact) mass is 134 g/mol. The topological polar surface area (TPSA) is 0 Å². The summed E-state index contributed by atoms with van der Waals surface area (Å²) in [7, 11) is 0. The molecule has 0 aromatic carbocycles. The fourth-order valence-electron chi connectivity index (χ4n) is 4.69. The van der Waals surface area contributed by atoms with E-state index < -0.39 is 0 Å². The smallest absolute Gasteiger partial charge is 0.0201 e. The van der Waals surface area contributed by atoms with Crippen LogP contribution in [0.5, 0.6) is 0 Å². The summed E-state index contributed by atoms with van der Waals surface area (Å²) in [6.07, 6.45) is 9.73. The molecular weight excluding hydrogens is 120 g/mol. The molecule has 54 valence electrons. The summed E-state index contributed by atoms with van der Waals surface area (Å²) in [6.45, 7) is 0. The van der Waals surface area contributed by atoms with Crippen LogP contribution in [0.3, 0.4) is 0 Å². The summed E-state index contributed by atoms with van der Waals surface area (Å²) in [6, 6.07) is 0. The van der Waals surface area contributed by atoms with Crippen LogP contribution in [-0.4, -0.2) is 0 Å².